The summed E-state index contributed by atoms with van der Waals surface area (Å²) < 4.78 is 15.6. The van der Waals surface area contributed by atoms with Crippen LogP contribution in [0.1, 0.15) is 37.9 Å². The van der Waals surface area contributed by atoms with E-state index in [4.69, 9.17) is 0 Å². The Morgan fingerprint density at radius 3 is 2.33 bits per heavy atom. The van der Waals surface area contributed by atoms with Gasteiger partial charge in [-0.05, 0) is 30.0 Å². The highest BCUT2D eigenvalue weighted by Gasteiger charge is 2.34. The van der Waals surface area contributed by atoms with E-state index in [1.165, 1.54) is 0 Å². The number of nitrogens with zero attached hydrogens (tertiary/aromatic N) is 1. The van der Waals surface area contributed by atoms with Crippen LogP contribution in [0.4, 0.5) is 4.39 Å². The van der Waals surface area contributed by atoms with Crippen molar-refractivity contribution in [1.82, 2.24) is 10.2 Å². The van der Waals surface area contributed by atoms with Crippen molar-refractivity contribution < 1.29 is 4.39 Å². The summed E-state index contributed by atoms with van der Waals surface area (Å²) in [6.07, 6.45) is 0. The summed E-state index contributed by atoms with van der Waals surface area (Å²) in [5.74, 6) is -0.0633. The van der Waals surface area contributed by atoms with Gasteiger partial charge in [0.1, 0.15) is 5.82 Å². The fourth-order valence-corrected chi connectivity index (χ4v) is 3.69. The number of aryl methyl sites for hydroxylation is 1. The Labute approximate surface area is 142 Å². The van der Waals surface area contributed by atoms with E-state index in [9.17, 15) is 4.39 Å². The molecule has 2 nitrogen and oxygen atoms in total. The number of halogens is 3. The molecule has 1 aliphatic heterocycles. The van der Waals surface area contributed by atoms with Crippen LogP contribution in [0.2, 0.25) is 0 Å². The van der Waals surface area contributed by atoms with Gasteiger partial charge in [0.25, 0.3) is 0 Å². The van der Waals surface area contributed by atoms with Crippen molar-refractivity contribution >= 4 is 28.3 Å². The van der Waals surface area contributed by atoms with Gasteiger partial charge in [0.15, 0.2) is 0 Å². The molecule has 1 heterocycles. The van der Waals surface area contributed by atoms with Crippen LogP contribution in [0.15, 0.2) is 16.6 Å². The summed E-state index contributed by atoms with van der Waals surface area (Å²) in [5, 5.41) is 3.37. The molecule has 0 spiro atoms. The van der Waals surface area contributed by atoms with Crippen LogP contribution in [0.3, 0.4) is 0 Å². The molecule has 0 aliphatic carbocycles. The largest absolute Gasteiger partial charge is 0.314 e. The lowest BCUT2D eigenvalue weighted by Gasteiger charge is -2.43. The monoisotopic (exact) mass is 378 g/mol. The molecule has 1 aromatic carbocycles. The van der Waals surface area contributed by atoms with E-state index >= 15 is 0 Å². The van der Waals surface area contributed by atoms with Crippen LogP contribution in [-0.2, 0) is 0 Å². The number of benzene rings is 1. The van der Waals surface area contributed by atoms with Crippen LogP contribution in [0, 0.1) is 18.2 Å². The maximum absolute atomic E-state index is 14.7. The number of hydrogen-bond acceptors (Lipinski definition) is 2. The third-order valence-corrected chi connectivity index (χ3v) is 4.34. The smallest absolute Gasteiger partial charge is 0.130 e. The maximum atomic E-state index is 14.7. The number of nitrogens with one attached hydrogen (secondary N) is 1. The third-order valence-electron chi connectivity index (χ3n) is 3.88. The first-order valence-corrected chi connectivity index (χ1v) is 8.00. The summed E-state index contributed by atoms with van der Waals surface area (Å²) in [4.78, 5) is 2.40. The number of hydrogen-bond donors (Lipinski definition) is 1. The van der Waals surface area contributed by atoms with E-state index in [0.29, 0.717) is 5.56 Å². The van der Waals surface area contributed by atoms with Crippen LogP contribution >= 0.6 is 28.3 Å². The second-order valence-electron chi connectivity index (χ2n) is 6.68. The minimum Gasteiger partial charge on any atom is -0.314 e. The van der Waals surface area contributed by atoms with Crippen molar-refractivity contribution in [3.63, 3.8) is 0 Å². The molecule has 1 N–H and O–H groups in total. The quantitative estimate of drug-likeness (QED) is 0.823. The molecular weight excluding hydrogens is 355 g/mol. The summed E-state index contributed by atoms with van der Waals surface area (Å²) in [6, 6.07) is 3.89. The van der Waals surface area contributed by atoms with E-state index in [1.807, 2.05) is 19.1 Å². The number of piperazine rings is 1. The van der Waals surface area contributed by atoms with Gasteiger partial charge >= 0.3 is 0 Å². The SMILES string of the molecule is Cc1cc(Br)cc([C@H](N2CCNCC2)C(C)(C)C)c1F.Cl. The van der Waals surface area contributed by atoms with Crippen LogP contribution in [0.5, 0.6) is 0 Å². The zero-order chi connectivity index (χ0) is 14.9. The van der Waals surface area contributed by atoms with Crippen molar-refractivity contribution in [3.8, 4) is 0 Å². The fourth-order valence-electron chi connectivity index (χ4n) is 3.10. The van der Waals surface area contributed by atoms with Gasteiger partial charge in [0.2, 0.25) is 0 Å². The summed E-state index contributed by atoms with van der Waals surface area (Å²) in [7, 11) is 0. The Morgan fingerprint density at radius 2 is 1.81 bits per heavy atom. The van der Waals surface area contributed by atoms with Crippen LogP contribution in [0.25, 0.3) is 0 Å². The standard InChI is InChI=1S/C16H24BrFN2.ClH/c1-11-9-12(17)10-13(14(11)18)15(16(2,3)4)20-7-5-19-6-8-20;/h9-10,15,19H,5-8H2,1-4H3;1H/t15-;/m0./s1. The van der Waals surface area contributed by atoms with E-state index in [1.54, 1.807) is 0 Å². The van der Waals surface area contributed by atoms with Gasteiger partial charge in [0, 0.05) is 42.3 Å². The van der Waals surface area contributed by atoms with Crippen molar-refractivity contribution in [2.45, 2.75) is 33.7 Å². The summed E-state index contributed by atoms with van der Waals surface area (Å²) >= 11 is 3.51. The van der Waals surface area contributed by atoms with Gasteiger partial charge in [-0.2, -0.15) is 0 Å². The van der Waals surface area contributed by atoms with Crippen molar-refractivity contribution in [1.29, 1.82) is 0 Å². The van der Waals surface area contributed by atoms with E-state index in [2.05, 4.69) is 46.9 Å². The van der Waals surface area contributed by atoms with Crippen LogP contribution < -0.4 is 5.32 Å². The molecule has 0 amide bonds. The van der Waals surface area contributed by atoms with Gasteiger partial charge in [-0.15, -0.1) is 12.4 Å². The molecule has 1 aromatic rings. The first-order chi connectivity index (χ1) is 9.30. The second kappa shape index (κ2) is 7.40. The maximum Gasteiger partial charge on any atom is 0.130 e. The zero-order valence-corrected chi connectivity index (χ0v) is 15.6. The predicted molar refractivity (Wildman–Crippen MR) is 92.7 cm³/mol. The molecule has 1 aliphatic rings. The Morgan fingerprint density at radius 1 is 1.24 bits per heavy atom. The Kier molecular flexibility index (Phi) is 6.66. The minimum atomic E-state index is -0.0633. The van der Waals surface area contributed by atoms with Gasteiger partial charge in [-0.1, -0.05) is 36.7 Å². The fraction of sp³-hybridized carbons (Fsp3) is 0.625. The molecule has 0 unspecified atom stereocenters. The third kappa shape index (κ3) is 4.41. The minimum absolute atomic E-state index is 0. The van der Waals surface area contributed by atoms with Crippen LogP contribution in [-0.4, -0.2) is 31.1 Å². The van der Waals surface area contributed by atoms with E-state index in [0.717, 1.165) is 36.2 Å². The number of rotatable bonds is 2. The molecule has 2 rings (SSSR count). The molecule has 0 radical (unpaired) electrons. The van der Waals surface area contributed by atoms with Crippen molar-refractivity contribution in [2.75, 3.05) is 26.2 Å². The zero-order valence-electron chi connectivity index (χ0n) is 13.2. The first-order valence-electron chi connectivity index (χ1n) is 7.21. The molecule has 1 saturated heterocycles. The lowest BCUT2D eigenvalue weighted by molar-refractivity contribution is 0.0833. The highest BCUT2D eigenvalue weighted by molar-refractivity contribution is 9.10. The van der Waals surface area contributed by atoms with Crippen molar-refractivity contribution in [3.05, 3.63) is 33.5 Å². The second-order valence-corrected chi connectivity index (χ2v) is 7.60. The summed E-state index contributed by atoms with van der Waals surface area (Å²) in [5.41, 5.74) is 1.51. The first kappa shape index (κ1) is 18.9. The molecule has 0 aromatic heterocycles. The van der Waals surface area contributed by atoms with Gasteiger partial charge in [0.05, 0.1) is 0 Å². The molecular formula is C16H25BrClFN2. The molecule has 0 saturated carbocycles. The van der Waals surface area contributed by atoms with Crippen molar-refractivity contribution in [2.24, 2.45) is 5.41 Å². The molecule has 1 atom stereocenters. The topological polar surface area (TPSA) is 15.3 Å². The average Bonchev–Trinajstić information content (AvgIpc) is 2.35. The summed E-state index contributed by atoms with van der Waals surface area (Å²) in [6.45, 7) is 12.3. The average molecular weight is 380 g/mol. The van der Waals surface area contributed by atoms with E-state index in [-0.39, 0.29) is 29.7 Å². The Balaban J connectivity index is 0.00000220. The molecule has 1 fully saturated rings. The molecule has 120 valence electrons. The normalized spacial score (nSPS) is 18.2. The van der Waals surface area contributed by atoms with Gasteiger partial charge in [-0.3, -0.25) is 4.90 Å². The lowest BCUT2D eigenvalue weighted by atomic mass is 9.80. The highest BCUT2D eigenvalue weighted by atomic mass is 79.9. The van der Waals surface area contributed by atoms with Gasteiger partial charge < -0.3 is 5.32 Å². The Bertz CT molecular complexity index is 482. The van der Waals surface area contributed by atoms with E-state index < -0.39 is 0 Å². The Hall–Kier alpha value is -0.160. The lowest BCUT2D eigenvalue weighted by Crippen LogP contribution is -2.48. The molecule has 0 bridgehead atoms. The molecule has 5 heteroatoms. The highest BCUT2D eigenvalue weighted by Crippen LogP contribution is 2.40. The molecule has 21 heavy (non-hydrogen) atoms. The predicted octanol–water partition coefficient (Wildman–Crippen LogP) is 4.31. The van der Waals surface area contributed by atoms with Gasteiger partial charge in [-0.25, -0.2) is 4.39 Å².